The molecule has 0 atom stereocenters. The Morgan fingerprint density at radius 1 is 1.20 bits per heavy atom. The van der Waals surface area contributed by atoms with E-state index in [1.54, 1.807) is 7.11 Å². The van der Waals surface area contributed by atoms with Gasteiger partial charge in [0.05, 0.1) is 7.11 Å². The Kier molecular flexibility index (Phi) is 5.35. The molecule has 1 aromatic rings. The highest BCUT2D eigenvalue weighted by Gasteiger charge is 1.89. The van der Waals surface area contributed by atoms with E-state index in [9.17, 15) is 0 Å². The van der Waals surface area contributed by atoms with Gasteiger partial charge in [0.2, 0.25) is 0 Å². The topological polar surface area (TPSA) is 35.2 Å². The van der Waals surface area contributed by atoms with Gasteiger partial charge in [0, 0.05) is 12.0 Å². The molecule has 80 valence electrons. The van der Waals surface area contributed by atoms with E-state index >= 15 is 0 Å². The highest BCUT2D eigenvalue weighted by Crippen LogP contribution is 2.10. The Labute approximate surface area is 91.4 Å². The van der Waals surface area contributed by atoms with Crippen LogP contribution in [-0.4, -0.2) is 13.7 Å². The van der Waals surface area contributed by atoms with Crippen LogP contribution in [0.5, 0.6) is 5.75 Å². The molecule has 0 fully saturated rings. The summed E-state index contributed by atoms with van der Waals surface area (Å²) < 4.78 is 5.06. The van der Waals surface area contributed by atoms with E-state index in [1.807, 2.05) is 24.3 Å². The minimum absolute atomic E-state index is 0.754. The number of rotatable bonds is 4. The van der Waals surface area contributed by atoms with Crippen molar-refractivity contribution in [2.75, 3.05) is 13.7 Å². The van der Waals surface area contributed by atoms with Crippen molar-refractivity contribution in [1.82, 2.24) is 0 Å². The Morgan fingerprint density at radius 3 is 2.53 bits per heavy atom. The van der Waals surface area contributed by atoms with E-state index in [1.165, 1.54) is 0 Å². The first-order chi connectivity index (χ1) is 7.36. The average Bonchev–Trinajstić information content (AvgIpc) is 2.30. The summed E-state index contributed by atoms with van der Waals surface area (Å²) in [6, 6.07) is 7.78. The summed E-state index contributed by atoms with van der Waals surface area (Å²) in [5, 5.41) is 0. The second-order valence-electron chi connectivity index (χ2n) is 3.28. The fraction of sp³-hybridized carbons (Fsp3) is 0.385. The van der Waals surface area contributed by atoms with E-state index in [-0.39, 0.29) is 0 Å². The van der Waals surface area contributed by atoms with Crippen molar-refractivity contribution >= 4 is 0 Å². The van der Waals surface area contributed by atoms with Crippen molar-refractivity contribution in [2.24, 2.45) is 5.73 Å². The fourth-order valence-electron chi connectivity index (χ4n) is 1.20. The summed E-state index contributed by atoms with van der Waals surface area (Å²) in [5.41, 5.74) is 6.42. The third-order valence-electron chi connectivity index (χ3n) is 2.08. The number of benzene rings is 1. The summed E-state index contributed by atoms with van der Waals surface area (Å²) in [6.45, 7) is 0.754. The maximum Gasteiger partial charge on any atom is 0.118 e. The summed E-state index contributed by atoms with van der Waals surface area (Å²) in [7, 11) is 1.66. The van der Waals surface area contributed by atoms with Gasteiger partial charge in [-0.1, -0.05) is 11.8 Å². The lowest BCUT2D eigenvalue weighted by atomic mass is 10.2. The molecular weight excluding hydrogens is 186 g/mol. The van der Waals surface area contributed by atoms with E-state index in [0.29, 0.717) is 0 Å². The number of ether oxygens (including phenoxy) is 1. The van der Waals surface area contributed by atoms with Crippen LogP contribution in [0.2, 0.25) is 0 Å². The summed E-state index contributed by atoms with van der Waals surface area (Å²) in [6.07, 6.45) is 3.06. The Morgan fingerprint density at radius 2 is 1.93 bits per heavy atom. The quantitative estimate of drug-likeness (QED) is 0.601. The second kappa shape index (κ2) is 6.92. The van der Waals surface area contributed by atoms with Crippen LogP contribution in [0.3, 0.4) is 0 Å². The predicted molar refractivity (Wildman–Crippen MR) is 62.8 cm³/mol. The molecule has 0 radical (unpaired) electrons. The molecule has 0 heterocycles. The standard InChI is InChI=1S/C13H17NO/c1-15-13-9-7-12(8-10-13)6-4-2-3-5-11-14/h7-10H,2-3,5,11,14H2,1H3. The molecule has 0 unspecified atom stereocenters. The molecule has 0 aliphatic rings. The van der Waals surface area contributed by atoms with Crippen LogP contribution in [0.15, 0.2) is 24.3 Å². The third-order valence-corrected chi connectivity index (χ3v) is 2.08. The monoisotopic (exact) mass is 203 g/mol. The number of hydrogen-bond donors (Lipinski definition) is 1. The van der Waals surface area contributed by atoms with Gasteiger partial charge >= 0.3 is 0 Å². The summed E-state index contributed by atoms with van der Waals surface area (Å²) in [4.78, 5) is 0. The maximum absolute atomic E-state index is 5.39. The van der Waals surface area contributed by atoms with Crippen molar-refractivity contribution < 1.29 is 4.74 Å². The van der Waals surface area contributed by atoms with Crippen molar-refractivity contribution in [2.45, 2.75) is 19.3 Å². The first-order valence-corrected chi connectivity index (χ1v) is 5.20. The van der Waals surface area contributed by atoms with Gasteiger partial charge in [-0.25, -0.2) is 0 Å². The molecule has 15 heavy (non-hydrogen) atoms. The first-order valence-electron chi connectivity index (χ1n) is 5.20. The zero-order valence-electron chi connectivity index (χ0n) is 9.12. The van der Waals surface area contributed by atoms with E-state index in [0.717, 1.165) is 37.1 Å². The van der Waals surface area contributed by atoms with Gasteiger partial charge in [-0.15, -0.1) is 0 Å². The van der Waals surface area contributed by atoms with Gasteiger partial charge in [0.15, 0.2) is 0 Å². The largest absolute Gasteiger partial charge is 0.497 e. The van der Waals surface area contributed by atoms with Gasteiger partial charge in [0.25, 0.3) is 0 Å². The van der Waals surface area contributed by atoms with Crippen LogP contribution >= 0.6 is 0 Å². The zero-order valence-corrected chi connectivity index (χ0v) is 9.12. The van der Waals surface area contributed by atoms with Crippen LogP contribution in [0, 0.1) is 11.8 Å². The lowest BCUT2D eigenvalue weighted by Gasteiger charge is -1.97. The number of methoxy groups -OCH3 is 1. The van der Waals surface area contributed by atoms with Gasteiger partial charge in [-0.05, 0) is 43.7 Å². The minimum atomic E-state index is 0.754. The van der Waals surface area contributed by atoms with E-state index in [4.69, 9.17) is 10.5 Å². The Balaban J connectivity index is 2.42. The van der Waals surface area contributed by atoms with E-state index in [2.05, 4.69) is 11.8 Å². The number of nitrogens with two attached hydrogens (primary N) is 1. The highest BCUT2D eigenvalue weighted by atomic mass is 16.5. The smallest absolute Gasteiger partial charge is 0.118 e. The fourth-order valence-corrected chi connectivity index (χ4v) is 1.20. The van der Waals surface area contributed by atoms with Gasteiger partial charge in [0.1, 0.15) is 5.75 Å². The molecular formula is C13H17NO. The molecule has 1 aromatic carbocycles. The molecule has 0 bridgehead atoms. The van der Waals surface area contributed by atoms with Gasteiger partial charge in [-0.3, -0.25) is 0 Å². The average molecular weight is 203 g/mol. The third kappa shape index (κ3) is 4.53. The van der Waals surface area contributed by atoms with Crippen molar-refractivity contribution in [3.63, 3.8) is 0 Å². The van der Waals surface area contributed by atoms with Crippen LogP contribution in [0.1, 0.15) is 24.8 Å². The Bertz CT molecular complexity index is 332. The second-order valence-corrected chi connectivity index (χ2v) is 3.28. The highest BCUT2D eigenvalue weighted by molar-refractivity contribution is 5.38. The van der Waals surface area contributed by atoms with Crippen molar-refractivity contribution in [3.8, 4) is 17.6 Å². The first kappa shape index (κ1) is 11.6. The van der Waals surface area contributed by atoms with Crippen LogP contribution < -0.4 is 10.5 Å². The minimum Gasteiger partial charge on any atom is -0.497 e. The van der Waals surface area contributed by atoms with Crippen molar-refractivity contribution in [3.05, 3.63) is 29.8 Å². The molecule has 1 rings (SSSR count). The molecule has 0 spiro atoms. The molecule has 2 nitrogen and oxygen atoms in total. The van der Waals surface area contributed by atoms with Crippen LogP contribution in [-0.2, 0) is 0 Å². The molecule has 2 heteroatoms. The lowest BCUT2D eigenvalue weighted by Crippen LogP contribution is -1.96. The molecule has 0 saturated heterocycles. The summed E-state index contributed by atoms with van der Waals surface area (Å²) in [5.74, 6) is 7.10. The Hall–Kier alpha value is -1.46. The van der Waals surface area contributed by atoms with Gasteiger partial charge in [-0.2, -0.15) is 0 Å². The normalized spacial score (nSPS) is 9.20. The molecule has 0 saturated carbocycles. The molecule has 0 aliphatic heterocycles. The van der Waals surface area contributed by atoms with Gasteiger partial charge < -0.3 is 10.5 Å². The molecule has 0 amide bonds. The SMILES string of the molecule is COc1ccc(C#CCCCCN)cc1. The van der Waals surface area contributed by atoms with Crippen molar-refractivity contribution in [1.29, 1.82) is 0 Å². The maximum atomic E-state index is 5.39. The lowest BCUT2D eigenvalue weighted by molar-refractivity contribution is 0.415. The molecule has 0 aromatic heterocycles. The molecule has 0 aliphatic carbocycles. The van der Waals surface area contributed by atoms with Crippen LogP contribution in [0.4, 0.5) is 0 Å². The number of unbranched alkanes of at least 4 members (excludes halogenated alkanes) is 2. The van der Waals surface area contributed by atoms with E-state index < -0.39 is 0 Å². The predicted octanol–water partition coefficient (Wildman–Crippen LogP) is 2.18. The number of hydrogen-bond acceptors (Lipinski definition) is 2. The zero-order chi connectivity index (χ0) is 10.9. The van der Waals surface area contributed by atoms with Crippen LogP contribution in [0.25, 0.3) is 0 Å². The molecule has 2 N–H and O–H groups in total. The summed E-state index contributed by atoms with van der Waals surface area (Å²) >= 11 is 0.